The van der Waals surface area contributed by atoms with Crippen LogP contribution in [0, 0.1) is 0 Å². The summed E-state index contributed by atoms with van der Waals surface area (Å²) < 4.78 is 6.87. The molecular weight excluding hydrogens is 224 g/mol. The Morgan fingerprint density at radius 1 is 1.75 bits per heavy atom. The zero-order valence-corrected chi connectivity index (χ0v) is 8.24. The molecule has 0 aliphatic carbocycles. The Bertz CT molecular complexity index is 311. The van der Waals surface area contributed by atoms with E-state index >= 15 is 0 Å². The lowest BCUT2D eigenvalue weighted by Gasteiger charge is -2.01. The van der Waals surface area contributed by atoms with Crippen molar-refractivity contribution < 1.29 is 4.74 Å². The molecule has 0 unspecified atom stereocenters. The average molecular weight is 233 g/mol. The zero-order valence-electron chi connectivity index (χ0n) is 6.66. The van der Waals surface area contributed by atoms with Crippen molar-refractivity contribution >= 4 is 15.9 Å². The summed E-state index contributed by atoms with van der Waals surface area (Å²) in [5.74, 6) is 0. The molecule has 0 aliphatic rings. The van der Waals surface area contributed by atoms with Gasteiger partial charge in [0.2, 0.25) is 0 Å². The van der Waals surface area contributed by atoms with Crippen molar-refractivity contribution in [3.63, 3.8) is 0 Å². The molecule has 0 spiro atoms. The standard InChI is InChI=1S/C7H9BrN2O2/c1-12-3-2-10-7(11)4-6(8)5-9-10/h4-5H,2-3H2,1H3. The lowest BCUT2D eigenvalue weighted by atomic mass is 10.5. The number of methoxy groups -OCH3 is 1. The highest BCUT2D eigenvalue weighted by molar-refractivity contribution is 9.10. The van der Waals surface area contributed by atoms with E-state index in [0.717, 1.165) is 0 Å². The lowest BCUT2D eigenvalue weighted by Crippen LogP contribution is -2.23. The molecule has 0 saturated carbocycles. The van der Waals surface area contributed by atoms with Crippen LogP contribution in [0.5, 0.6) is 0 Å². The fourth-order valence-corrected chi connectivity index (χ4v) is 1.04. The molecule has 0 aromatic carbocycles. The molecule has 0 bridgehead atoms. The normalized spacial score (nSPS) is 10.2. The number of hydrogen-bond acceptors (Lipinski definition) is 3. The molecule has 1 aromatic heterocycles. The van der Waals surface area contributed by atoms with Gasteiger partial charge in [0, 0.05) is 17.6 Å². The third-order valence-electron chi connectivity index (χ3n) is 1.34. The monoisotopic (exact) mass is 232 g/mol. The van der Waals surface area contributed by atoms with E-state index in [1.807, 2.05) is 0 Å². The van der Waals surface area contributed by atoms with E-state index in [1.54, 1.807) is 13.3 Å². The summed E-state index contributed by atoms with van der Waals surface area (Å²) >= 11 is 3.16. The molecule has 0 aliphatic heterocycles. The summed E-state index contributed by atoms with van der Waals surface area (Å²) in [6, 6.07) is 1.47. The molecule has 1 rings (SSSR count). The number of halogens is 1. The number of aromatic nitrogens is 2. The molecule has 0 N–H and O–H groups in total. The van der Waals surface area contributed by atoms with Gasteiger partial charge < -0.3 is 4.74 Å². The van der Waals surface area contributed by atoms with Gasteiger partial charge >= 0.3 is 0 Å². The van der Waals surface area contributed by atoms with E-state index in [4.69, 9.17) is 4.74 Å². The van der Waals surface area contributed by atoms with Gasteiger partial charge in [0.15, 0.2) is 0 Å². The molecule has 0 atom stereocenters. The molecule has 66 valence electrons. The van der Waals surface area contributed by atoms with Gasteiger partial charge in [-0.15, -0.1) is 0 Å². The smallest absolute Gasteiger partial charge is 0.267 e. The third-order valence-corrected chi connectivity index (χ3v) is 1.78. The van der Waals surface area contributed by atoms with Gasteiger partial charge in [0.05, 0.1) is 19.3 Å². The van der Waals surface area contributed by atoms with E-state index in [0.29, 0.717) is 17.6 Å². The van der Waals surface area contributed by atoms with Crippen molar-refractivity contribution in [2.75, 3.05) is 13.7 Å². The maximum Gasteiger partial charge on any atom is 0.267 e. The Morgan fingerprint density at radius 2 is 2.50 bits per heavy atom. The van der Waals surface area contributed by atoms with Crippen LogP contribution >= 0.6 is 15.9 Å². The maximum absolute atomic E-state index is 11.2. The highest BCUT2D eigenvalue weighted by atomic mass is 79.9. The summed E-state index contributed by atoms with van der Waals surface area (Å²) in [6.07, 6.45) is 1.58. The number of nitrogens with zero attached hydrogens (tertiary/aromatic N) is 2. The van der Waals surface area contributed by atoms with E-state index in [2.05, 4.69) is 21.0 Å². The molecule has 4 nitrogen and oxygen atoms in total. The van der Waals surface area contributed by atoms with Crippen molar-refractivity contribution in [2.24, 2.45) is 0 Å². The first-order chi connectivity index (χ1) is 5.74. The summed E-state index contributed by atoms with van der Waals surface area (Å²) in [7, 11) is 1.59. The minimum atomic E-state index is -0.124. The summed E-state index contributed by atoms with van der Waals surface area (Å²) in [5, 5.41) is 3.89. The minimum Gasteiger partial charge on any atom is -0.383 e. The molecule has 1 heterocycles. The lowest BCUT2D eigenvalue weighted by molar-refractivity contribution is 0.182. The van der Waals surface area contributed by atoms with Crippen LogP contribution in [0.2, 0.25) is 0 Å². The van der Waals surface area contributed by atoms with Crippen LogP contribution in [0.3, 0.4) is 0 Å². The first-order valence-corrected chi connectivity index (χ1v) is 4.25. The molecule has 0 fully saturated rings. The van der Waals surface area contributed by atoms with Crippen molar-refractivity contribution in [1.29, 1.82) is 0 Å². The van der Waals surface area contributed by atoms with Crippen molar-refractivity contribution in [3.05, 3.63) is 27.1 Å². The van der Waals surface area contributed by atoms with Crippen molar-refractivity contribution in [3.8, 4) is 0 Å². The Kier molecular flexibility index (Phi) is 3.43. The van der Waals surface area contributed by atoms with Crippen LogP contribution in [0.1, 0.15) is 0 Å². The van der Waals surface area contributed by atoms with Gasteiger partial charge in [-0.3, -0.25) is 4.79 Å². The van der Waals surface area contributed by atoms with Gasteiger partial charge in [-0.1, -0.05) is 0 Å². The number of hydrogen-bond donors (Lipinski definition) is 0. The SMILES string of the molecule is COCCn1ncc(Br)cc1=O. The van der Waals surface area contributed by atoms with E-state index in [9.17, 15) is 4.79 Å². The predicted molar refractivity (Wildman–Crippen MR) is 48.1 cm³/mol. The second-order valence-corrected chi connectivity index (χ2v) is 3.14. The molecular formula is C7H9BrN2O2. The topological polar surface area (TPSA) is 44.1 Å². The summed E-state index contributed by atoms with van der Waals surface area (Å²) in [4.78, 5) is 11.2. The highest BCUT2D eigenvalue weighted by Crippen LogP contribution is 2.00. The second-order valence-electron chi connectivity index (χ2n) is 2.23. The van der Waals surface area contributed by atoms with Crippen LogP contribution in [-0.4, -0.2) is 23.5 Å². The fourth-order valence-electron chi connectivity index (χ4n) is 0.757. The average Bonchev–Trinajstić information content (AvgIpc) is 2.03. The third kappa shape index (κ3) is 2.42. The second kappa shape index (κ2) is 4.37. The summed E-state index contributed by atoms with van der Waals surface area (Å²) in [6.45, 7) is 0.983. The summed E-state index contributed by atoms with van der Waals surface area (Å²) in [5.41, 5.74) is -0.124. The molecule has 5 heteroatoms. The highest BCUT2D eigenvalue weighted by Gasteiger charge is 1.96. The zero-order chi connectivity index (χ0) is 8.97. The molecule has 0 saturated heterocycles. The largest absolute Gasteiger partial charge is 0.383 e. The van der Waals surface area contributed by atoms with E-state index in [1.165, 1.54) is 10.7 Å². The Balaban J connectivity index is 2.80. The van der Waals surface area contributed by atoms with Gasteiger partial charge in [0.1, 0.15) is 0 Å². The number of rotatable bonds is 3. The van der Waals surface area contributed by atoms with Crippen LogP contribution in [0.15, 0.2) is 21.5 Å². The van der Waals surface area contributed by atoms with E-state index < -0.39 is 0 Å². The quantitative estimate of drug-likeness (QED) is 0.769. The van der Waals surface area contributed by atoms with Gasteiger partial charge in [-0.2, -0.15) is 5.10 Å². The minimum absolute atomic E-state index is 0.124. The molecule has 0 radical (unpaired) electrons. The molecule has 12 heavy (non-hydrogen) atoms. The predicted octanol–water partition coefficient (Wildman–Crippen LogP) is 0.652. The van der Waals surface area contributed by atoms with Crippen molar-refractivity contribution in [2.45, 2.75) is 6.54 Å². The van der Waals surface area contributed by atoms with Crippen molar-refractivity contribution in [1.82, 2.24) is 9.78 Å². The van der Waals surface area contributed by atoms with Crippen LogP contribution in [-0.2, 0) is 11.3 Å². The van der Waals surface area contributed by atoms with Gasteiger partial charge in [-0.05, 0) is 15.9 Å². The van der Waals surface area contributed by atoms with Gasteiger partial charge in [-0.25, -0.2) is 4.68 Å². The molecule has 1 aromatic rings. The Labute approximate surface area is 78.3 Å². The Hall–Kier alpha value is -0.680. The van der Waals surface area contributed by atoms with Crippen LogP contribution in [0.4, 0.5) is 0 Å². The van der Waals surface area contributed by atoms with Crippen LogP contribution in [0.25, 0.3) is 0 Å². The van der Waals surface area contributed by atoms with E-state index in [-0.39, 0.29) is 5.56 Å². The van der Waals surface area contributed by atoms with Gasteiger partial charge in [0.25, 0.3) is 5.56 Å². The Morgan fingerprint density at radius 3 is 3.08 bits per heavy atom. The number of ether oxygens (including phenoxy) is 1. The maximum atomic E-state index is 11.2. The van der Waals surface area contributed by atoms with Crippen LogP contribution < -0.4 is 5.56 Å². The fraction of sp³-hybridized carbons (Fsp3) is 0.429. The molecule has 0 amide bonds. The first kappa shape index (κ1) is 9.41. The first-order valence-electron chi connectivity index (χ1n) is 3.45.